The molecule has 1 saturated heterocycles. The first-order valence-electron chi connectivity index (χ1n) is 4.65. The van der Waals surface area contributed by atoms with Crippen molar-refractivity contribution in [3.05, 3.63) is 33.8 Å². The zero-order chi connectivity index (χ0) is 10.8. The number of hydrogen-bond donors (Lipinski definition) is 2. The molecule has 1 aromatic rings. The van der Waals surface area contributed by atoms with Crippen molar-refractivity contribution in [1.82, 2.24) is 10.6 Å². The molecule has 1 heterocycles. The summed E-state index contributed by atoms with van der Waals surface area (Å²) in [6.07, 6.45) is 0. The normalized spacial score (nSPS) is 21.2. The summed E-state index contributed by atoms with van der Waals surface area (Å²) in [7, 11) is 0. The molecule has 2 N–H and O–H groups in total. The minimum absolute atomic E-state index is 0.0868. The molecule has 0 bridgehead atoms. The van der Waals surface area contributed by atoms with Crippen molar-refractivity contribution in [3.8, 4) is 0 Å². The highest BCUT2D eigenvalue weighted by atomic mass is 35.5. The molecular weight excluding hydrogens is 235 g/mol. The van der Waals surface area contributed by atoms with E-state index >= 15 is 0 Å². The standard InChI is InChI=1S/C10H10Cl2N2O/c11-6-2-1-3-7(12)8(6)9-10(15)14-5-4-13-9/h1-3,9,13H,4-5H2,(H,14,15)/t9-/m0/s1. The summed E-state index contributed by atoms with van der Waals surface area (Å²) in [4.78, 5) is 11.6. The lowest BCUT2D eigenvalue weighted by Crippen LogP contribution is -2.47. The minimum Gasteiger partial charge on any atom is -0.353 e. The second-order valence-electron chi connectivity index (χ2n) is 3.31. The van der Waals surface area contributed by atoms with E-state index < -0.39 is 6.04 Å². The molecule has 0 saturated carbocycles. The first-order chi connectivity index (χ1) is 7.20. The maximum absolute atomic E-state index is 11.6. The Morgan fingerprint density at radius 1 is 1.20 bits per heavy atom. The molecule has 1 aliphatic heterocycles. The van der Waals surface area contributed by atoms with Gasteiger partial charge in [0.1, 0.15) is 6.04 Å². The number of piperazine rings is 1. The fraction of sp³-hybridized carbons (Fsp3) is 0.300. The third-order valence-corrected chi connectivity index (χ3v) is 2.98. The number of carbonyl (C=O) groups is 1. The molecule has 1 amide bonds. The van der Waals surface area contributed by atoms with Gasteiger partial charge < -0.3 is 10.6 Å². The zero-order valence-electron chi connectivity index (χ0n) is 7.89. The summed E-state index contributed by atoms with van der Waals surface area (Å²) < 4.78 is 0. The Hall–Kier alpha value is -0.770. The highest BCUT2D eigenvalue weighted by Crippen LogP contribution is 2.30. The van der Waals surface area contributed by atoms with Crippen LogP contribution >= 0.6 is 23.2 Å². The average Bonchev–Trinajstić information content (AvgIpc) is 2.20. The van der Waals surface area contributed by atoms with Gasteiger partial charge in [0.05, 0.1) is 0 Å². The number of halogens is 2. The average molecular weight is 245 g/mol. The van der Waals surface area contributed by atoms with Gasteiger partial charge in [-0.05, 0) is 12.1 Å². The van der Waals surface area contributed by atoms with Crippen LogP contribution < -0.4 is 10.6 Å². The first kappa shape index (κ1) is 10.7. The topological polar surface area (TPSA) is 41.1 Å². The van der Waals surface area contributed by atoms with Crippen LogP contribution in [0.1, 0.15) is 11.6 Å². The molecule has 80 valence electrons. The van der Waals surface area contributed by atoms with E-state index in [0.29, 0.717) is 22.2 Å². The van der Waals surface area contributed by atoms with E-state index in [2.05, 4.69) is 10.6 Å². The van der Waals surface area contributed by atoms with Gasteiger partial charge in [-0.25, -0.2) is 0 Å². The maximum atomic E-state index is 11.6. The molecule has 1 aliphatic rings. The highest BCUT2D eigenvalue weighted by molar-refractivity contribution is 6.36. The third-order valence-electron chi connectivity index (χ3n) is 2.32. The highest BCUT2D eigenvalue weighted by Gasteiger charge is 2.26. The molecule has 15 heavy (non-hydrogen) atoms. The van der Waals surface area contributed by atoms with Gasteiger partial charge in [-0.3, -0.25) is 4.79 Å². The third kappa shape index (κ3) is 2.09. The van der Waals surface area contributed by atoms with Gasteiger partial charge in [-0.2, -0.15) is 0 Å². The Balaban J connectivity index is 2.39. The van der Waals surface area contributed by atoms with E-state index in [1.165, 1.54) is 0 Å². The van der Waals surface area contributed by atoms with E-state index in [-0.39, 0.29) is 5.91 Å². The van der Waals surface area contributed by atoms with Crippen LogP contribution in [0.5, 0.6) is 0 Å². The molecule has 1 atom stereocenters. The minimum atomic E-state index is -0.444. The summed E-state index contributed by atoms with van der Waals surface area (Å²) >= 11 is 12.0. The predicted molar refractivity (Wildman–Crippen MR) is 60.2 cm³/mol. The van der Waals surface area contributed by atoms with Gasteiger partial charge >= 0.3 is 0 Å². The Bertz CT molecular complexity index is 375. The molecular formula is C10H10Cl2N2O. The van der Waals surface area contributed by atoms with E-state index in [0.717, 1.165) is 6.54 Å². The number of nitrogens with one attached hydrogen (secondary N) is 2. The fourth-order valence-corrected chi connectivity index (χ4v) is 2.23. The maximum Gasteiger partial charge on any atom is 0.241 e. The zero-order valence-corrected chi connectivity index (χ0v) is 9.40. The van der Waals surface area contributed by atoms with Crippen molar-refractivity contribution in [2.45, 2.75) is 6.04 Å². The molecule has 1 fully saturated rings. The lowest BCUT2D eigenvalue weighted by molar-refractivity contribution is -0.124. The van der Waals surface area contributed by atoms with Crippen molar-refractivity contribution >= 4 is 29.1 Å². The largest absolute Gasteiger partial charge is 0.353 e. The second-order valence-corrected chi connectivity index (χ2v) is 4.13. The second kappa shape index (κ2) is 4.39. The summed E-state index contributed by atoms with van der Waals surface area (Å²) in [5.41, 5.74) is 0.651. The molecule has 1 aromatic carbocycles. The first-order valence-corrected chi connectivity index (χ1v) is 5.41. The number of rotatable bonds is 1. The van der Waals surface area contributed by atoms with Crippen LogP contribution in [0.15, 0.2) is 18.2 Å². The van der Waals surface area contributed by atoms with Gasteiger partial charge in [-0.15, -0.1) is 0 Å². The Morgan fingerprint density at radius 2 is 1.87 bits per heavy atom. The summed E-state index contributed by atoms with van der Waals surface area (Å²) in [5.74, 6) is -0.0868. The molecule has 0 radical (unpaired) electrons. The molecule has 0 spiro atoms. The van der Waals surface area contributed by atoms with Crippen LogP contribution in [0.25, 0.3) is 0 Å². The van der Waals surface area contributed by atoms with E-state index in [4.69, 9.17) is 23.2 Å². The number of hydrogen-bond acceptors (Lipinski definition) is 2. The van der Waals surface area contributed by atoms with Crippen LogP contribution in [-0.4, -0.2) is 19.0 Å². The number of benzene rings is 1. The van der Waals surface area contributed by atoms with Crippen molar-refractivity contribution < 1.29 is 4.79 Å². The van der Waals surface area contributed by atoms with E-state index in [1.54, 1.807) is 18.2 Å². The van der Waals surface area contributed by atoms with E-state index in [1.807, 2.05) is 0 Å². The van der Waals surface area contributed by atoms with Gasteiger partial charge in [0.15, 0.2) is 0 Å². The van der Waals surface area contributed by atoms with Crippen molar-refractivity contribution in [2.24, 2.45) is 0 Å². The molecule has 0 unspecified atom stereocenters. The quantitative estimate of drug-likeness (QED) is 0.791. The van der Waals surface area contributed by atoms with Crippen molar-refractivity contribution in [1.29, 1.82) is 0 Å². The van der Waals surface area contributed by atoms with Crippen LogP contribution in [0.3, 0.4) is 0 Å². The fourth-order valence-electron chi connectivity index (χ4n) is 1.62. The molecule has 2 rings (SSSR count). The number of amides is 1. The molecule has 5 heteroatoms. The van der Waals surface area contributed by atoms with Gasteiger partial charge in [0, 0.05) is 28.7 Å². The Kier molecular flexibility index (Phi) is 3.14. The summed E-state index contributed by atoms with van der Waals surface area (Å²) in [6.45, 7) is 1.36. The van der Waals surface area contributed by atoms with Crippen molar-refractivity contribution in [2.75, 3.05) is 13.1 Å². The summed E-state index contributed by atoms with van der Waals surface area (Å²) in [5, 5.41) is 6.87. The Morgan fingerprint density at radius 3 is 2.47 bits per heavy atom. The van der Waals surface area contributed by atoms with Crippen LogP contribution in [0.4, 0.5) is 0 Å². The predicted octanol–water partition coefficient (Wildman–Crippen LogP) is 1.75. The van der Waals surface area contributed by atoms with Crippen LogP contribution in [0, 0.1) is 0 Å². The van der Waals surface area contributed by atoms with Crippen molar-refractivity contribution in [3.63, 3.8) is 0 Å². The lowest BCUT2D eigenvalue weighted by Gasteiger charge is -2.25. The Labute approximate surface area is 97.8 Å². The SMILES string of the molecule is O=C1NCCN[C@H]1c1c(Cl)cccc1Cl. The van der Waals surface area contributed by atoms with Gasteiger partial charge in [0.2, 0.25) is 5.91 Å². The number of carbonyl (C=O) groups excluding carboxylic acids is 1. The lowest BCUT2D eigenvalue weighted by atomic mass is 10.0. The molecule has 3 nitrogen and oxygen atoms in total. The van der Waals surface area contributed by atoms with Gasteiger partial charge in [0.25, 0.3) is 0 Å². The monoisotopic (exact) mass is 244 g/mol. The summed E-state index contributed by atoms with van der Waals surface area (Å²) in [6, 6.07) is 4.77. The van der Waals surface area contributed by atoms with Crippen LogP contribution in [-0.2, 0) is 4.79 Å². The van der Waals surface area contributed by atoms with Crippen LogP contribution in [0.2, 0.25) is 10.0 Å². The molecule has 0 aliphatic carbocycles. The van der Waals surface area contributed by atoms with E-state index in [9.17, 15) is 4.79 Å². The molecule has 0 aromatic heterocycles. The van der Waals surface area contributed by atoms with Gasteiger partial charge in [-0.1, -0.05) is 29.3 Å². The smallest absolute Gasteiger partial charge is 0.241 e.